The van der Waals surface area contributed by atoms with Crippen LogP contribution in [0.1, 0.15) is 18.9 Å². The maximum Gasteiger partial charge on any atom is 0.216 e. The van der Waals surface area contributed by atoms with Crippen molar-refractivity contribution < 1.29 is 4.79 Å². The quantitative estimate of drug-likeness (QED) is 0.824. The van der Waals surface area contributed by atoms with Crippen molar-refractivity contribution in [1.82, 2.24) is 5.32 Å². The Kier molecular flexibility index (Phi) is 4.66. The summed E-state index contributed by atoms with van der Waals surface area (Å²) in [6.45, 7) is 2.29. The van der Waals surface area contributed by atoms with Crippen LogP contribution < -0.4 is 5.32 Å². The van der Waals surface area contributed by atoms with E-state index in [1.807, 2.05) is 18.2 Å². The summed E-state index contributed by atoms with van der Waals surface area (Å²) in [7, 11) is 0. The molecule has 0 fully saturated rings. The molecule has 0 atom stereocenters. The van der Waals surface area contributed by atoms with E-state index < -0.39 is 0 Å². The van der Waals surface area contributed by atoms with Crippen LogP contribution in [0.15, 0.2) is 28.7 Å². The van der Waals surface area contributed by atoms with Crippen LogP contribution >= 0.6 is 15.9 Å². The highest BCUT2D eigenvalue weighted by molar-refractivity contribution is 9.10. The number of amides is 1. The zero-order chi connectivity index (χ0) is 10.4. The van der Waals surface area contributed by atoms with Gasteiger partial charge in [-0.25, -0.2) is 0 Å². The Morgan fingerprint density at radius 3 is 2.79 bits per heavy atom. The van der Waals surface area contributed by atoms with Gasteiger partial charge in [0.05, 0.1) is 0 Å². The molecular weight excluding hydrogens is 242 g/mol. The van der Waals surface area contributed by atoms with Gasteiger partial charge in [-0.1, -0.05) is 34.1 Å². The molecule has 0 bridgehead atoms. The van der Waals surface area contributed by atoms with Gasteiger partial charge in [-0.3, -0.25) is 4.79 Å². The largest absolute Gasteiger partial charge is 0.356 e. The zero-order valence-corrected chi connectivity index (χ0v) is 9.80. The average Bonchev–Trinajstić information content (AvgIpc) is 2.15. The number of carbonyl (C=O) groups is 1. The highest BCUT2D eigenvalue weighted by Crippen LogP contribution is 2.16. The molecule has 1 rings (SSSR count). The van der Waals surface area contributed by atoms with Crippen molar-refractivity contribution in [2.45, 2.75) is 19.8 Å². The number of carbonyl (C=O) groups excluding carboxylic acids is 1. The predicted octanol–water partition coefficient (Wildman–Crippen LogP) is 2.52. The summed E-state index contributed by atoms with van der Waals surface area (Å²) < 4.78 is 1.14. The van der Waals surface area contributed by atoms with Crippen molar-refractivity contribution in [2.24, 2.45) is 0 Å². The Bertz CT molecular complexity index is 312. The average molecular weight is 256 g/mol. The van der Waals surface area contributed by atoms with Gasteiger partial charge in [-0.2, -0.15) is 0 Å². The van der Waals surface area contributed by atoms with Gasteiger partial charge >= 0.3 is 0 Å². The van der Waals surface area contributed by atoms with Crippen LogP contribution in [0.25, 0.3) is 0 Å². The predicted molar refractivity (Wildman–Crippen MR) is 61.1 cm³/mol. The molecule has 14 heavy (non-hydrogen) atoms. The van der Waals surface area contributed by atoms with Gasteiger partial charge in [-0.15, -0.1) is 0 Å². The molecule has 3 heteroatoms. The fourth-order valence-corrected chi connectivity index (χ4v) is 1.73. The summed E-state index contributed by atoms with van der Waals surface area (Å²) >= 11 is 3.49. The van der Waals surface area contributed by atoms with Crippen molar-refractivity contribution in [3.63, 3.8) is 0 Å². The Labute approximate surface area is 92.8 Å². The highest BCUT2D eigenvalue weighted by atomic mass is 79.9. The lowest BCUT2D eigenvalue weighted by Crippen LogP contribution is -2.21. The Morgan fingerprint density at radius 1 is 1.43 bits per heavy atom. The van der Waals surface area contributed by atoms with Gasteiger partial charge in [0.15, 0.2) is 0 Å². The van der Waals surface area contributed by atoms with E-state index in [0.29, 0.717) is 0 Å². The maximum absolute atomic E-state index is 10.6. The van der Waals surface area contributed by atoms with Crippen LogP contribution in [0.5, 0.6) is 0 Å². The van der Waals surface area contributed by atoms with Crippen molar-refractivity contribution >= 4 is 21.8 Å². The van der Waals surface area contributed by atoms with Crippen molar-refractivity contribution in [1.29, 1.82) is 0 Å². The number of benzene rings is 1. The third-order valence-electron chi connectivity index (χ3n) is 1.95. The first-order valence-corrected chi connectivity index (χ1v) is 5.47. The molecule has 0 saturated carbocycles. The highest BCUT2D eigenvalue weighted by Gasteiger charge is 1.98. The van der Waals surface area contributed by atoms with Crippen LogP contribution in [0.2, 0.25) is 0 Å². The van der Waals surface area contributed by atoms with Crippen molar-refractivity contribution in [3.05, 3.63) is 34.3 Å². The summed E-state index contributed by atoms with van der Waals surface area (Å²) in [5.41, 5.74) is 1.29. The molecule has 1 aromatic rings. The van der Waals surface area contributed by atoms with Crippen LogP contribution in [-0.2, 0) is 11.2 Å². The second kappa shape index (κ2) is 5.81. The molecule has 0 unspecified atom stereocenters. The fraction of sp³-hybridized carbons (Fsp3) is 0.364. The van der Waals surface area contributed by atoms with Gasteiger partial charge < -0.3 is 5.32 Å². The summed E-state index contributed by atoms with van der Waals surface area (Å²) in [5.74, 6) is 0.0390. The summed E-state index contributed by atoms with van der Waals surface area (Å²) in [5, 5.41) is 2.78. The minimum absolute atomic E-state index is 0.0390. The van der Waals surface area contributed by atoms with E-state index in [9.17, 15) is 4.79 Å². The normalized spacial score (nSPS) is 9.86. The minimum atomic E-state index is 0.0390. The van der Waals surface area contributed by atoms with E-state index in [1.165, 1.54) is 5.56 Å². The van der Waals surface area contributed by atoms with Crippen LogP contribution in [0, 0.1) is 0 Å². The molecular formula is C11H14BrNO. The Morgan fingerprint density at radius 2 is 2.14 bits per heavy atom. The van der Waals surface area contributed by atoms with Gasteiger partial charge in [0.2, 0.25) is 5.91 Å². The third kappa shape index (κ3) is 3.92. The molecule has 2 nitrogen and oxygen atoms in total. The Balaban J connectivity index is 2.31. The zero-order valence-electron chi connectivity index (χ0n) is 8.22. The molecule has 0 aliphatic heterocycles. The van der Waals surface area contributed by atoms with E-state index in [1.54, 1.807) is 6.92 Å². The lowest BCUT2D eigenvalue weighted by atomic mass is 10.1. The number of halogens is 1. The van der Waals surface area contributed by atoms with E-state index in [-0.39, 0.29) is 5.91 Å². The fourth-order valence-electron chi connectivity index (χ4n) is 1.24. The number of hydrogen-bond donors (Lipinski definition) is 1. The number of hydrogen-bond acceptors (Lipinski definition) is 1. The SMILES string of the molecule is CC(=O)NCCCc1ccccc1Br. The first kappa shape index (κ1) is 11.2. The first-order valence-electron chi connectivity index (χ1n) is 4.68. The molecule has 1 N–H and O–H groups in total. The molecule has 0 aliphatic carbocycles. The van der Waals surface area contributed by atoms with Gasteiger partial charge in [0.25, 0.3) is 0 Å². The van der Waals surface area contributed by atoms with E-state index in [2.05, 4.69) is 27.3 Å². The maximum atomic E-state index is 10.6. The Hall–Kier alpha value is -0.830. The molecule has 1 aromatic carbocycles. The van der Waals surface area contributed by atoms with E-state index in [0.717, 1.165) is 23.9 Å². The summed E-state index contributed by atoms with van der Waals surface area (Å²) in [6, 6.07) is 8.16. The smallest absolute Gasteiger partial charge is 0.216 e. The summed E-state index contributed by atoms with van der Waals surface area (Å²) in [6.07, 6.45) is 1.96. The van der Waals surface area contributed by atoms with Crippen molar-refractivity contribution in [2.75, 3.05) is 6.54 Å². The molecule has 0 heterocycles. The van der Waals surface area contributed by atoms with Gasteiger partial charge in [-0.05, 0) is 24.5 Å². The van der Waals surface area contributed by atoms with Gasteiger partial charge in [0, 0.05) is 17.9 Å². The van der Waals surface area contributed by atoms with Gasteiger partial charge in [0.1, 0.15) is 0 Å². The molecule has 76 valence electrons. The monoisotopic (exact) mass is 255 g/mol. The molecule has 1 amide bonds. The van der Waals surface area contributed by atoms with Crippen molar-refractivity contribution in [3.8, 4) is 0 Å². The third-order valence-corrected chi connectivity index (χ3v) is 2.73. The standard InChI is InChI=1S/C11H14BrNO/c1-9(14)13-8-4-6-10-5-2-3-7-11(10)12/h2-3,5,7H,4,6,8H2,1H3,(H,13,14). The second-order valence-corrected chi connectivity index (χ2v) is 4.03. The van der Waals surface area contributed by atoms with Crippen LogP contribution in [0.4, 0.5) is 0 Å². The summed E-state index contributed by atoms with van der Waals surface area (Å²) in [4.78, 5) is 10.6. The topological polar surface area (TPSA) is 29.1 Å². The molecule has 0 saturated heterocycles. The number of rotatable bonds is 4. The lowest BCUT2D eigenvalue weighted by Gasteiger charge is -2.04. The molecule has 0 spiro atoms. The number of nitrogens with one attached hydrogen (secondary N) is 1. The van der Waals surface area contributed by atoms with Crippen LogP contribution in [-0.4, -0.2) is 12.5 Å². The first-order chi connectivity index (χ1) is 6.70. The lowest BCUT2D eigenvalue weighted by molar-refractivity contribution is -0.118. The minimum Gasteiger partial charge on any atom is -0.356 e. The molecule has 0 aliphatic rings. The molecule has 0 aromatic heterocycles. The van der Waals surface area contributed by atoms with E-state index >= 15 is 0 Å². The second-order valence-electron chi connectivity index (χ2n) is 3.18. The molecule has 0 radical (unpaired) electrons. The number of aryl methyl sites for hydroxylation is 1. The van der Waals surface area contributed by atoms with Crippen LogP contribution in [0.3, 0.4) is 0 Å². The van der Waals surface area contributed by atoms with E-state index in [4.69, 9.17) is 0 Å².